The van der Waals surface area contributed by atoms with Gasteiger partial charge in [0, 0.05) is 19.0 Å². The average molecular weight is 283 g/mol. The molecule has 0 aliphatic carbocycles. The molecule has 106 valence electrons. The van der Waals surface area contributed by atoms with Crippen molar-refractivity contribution >= 4 is 22.4 Å². The number of methoxy groups -OCH3 is 1. The molecule has 0 bridgehead atoms. The highest BCUT2D eigenvalue weighted by Gasteiger charge is 2.21. The van der Waals surface area contributed by atoms with Crippen molar-refractivity contribution in [2.75, 3.05) is 38.7 Å². The molecule has 0 spiro atoms. The molecular formula is C13H21N3O2S. The van der Waals surface area contributed by atoms with E-state index in [4.69, 9.17) is 4.74 Å². The van der Waals surface area contributed by atoms with Crippen LogP contribution < -0.4 is 5.32 Å². The van der Waals surface area contributed by atoms with Gasteiger partial charge in [-0.2, -0.15) is 0 Å². The quantitative estimate of drug-likeness (QED) is 0.894. The molecule has 19 heavy (non-hydrogen) atoms. The Kier molecular flexibility index (Phi) is 5.30. The molecule has 1 aromatic rings. The molecule has 1 aliphatic heterocycles. The number of likely N-dealkylation sites (tertiary alicyclic amines) is 1. The SMILES string of the molecule is COC[C@H]1CCCN(CC(=O)Nc2nc(C)cs2)C1. The average Bonchev–Trinajstić information content (AvgIpc) is 2.75. The van der Waals surface area contributed by atoms with E-state index in [1.807, 2.05) is 12.3 Å². The summed E-state index contributed by atoms with van der Waals surface area (Å²) in [5, 5.41) is 5.48. The number of amides is 1. The Morgan fingerprint density at radius 1 is 1.68 bits per heavy atom. The number of rotatable bonds is 5. The Hall–Kier alpha value is -0.980. The molecule has 0 radical (unpaired) electrons. The Balaban J connectivity index is 1.78. The number of nitrogens with one attached hydrogen (secondary N) is 1. The number of piperidine rings is 1. The fraction of sp³-hybridized carbons (Fsp3) is 0.692. The summed E-state index contributed by atoms with van der Waals surface area (Å²) in [7, 11) is 1.73. The summed E-state index contributed by atoms with van der Waals surface area (Å²) < 4.78 is 5.20. The first-order valence-electron chi connectivity index (χ1n) is 6.60. The van der Waals surface area contributed by atoms with Crippen LogP contribution in [0.4, 0.5) is 5.13 Å². The van der Waals surface area contributed by atoms with E-state index in [0.717, 1.165) is 31.8 Å². The predicted octanol–water partition coefficient (Wildman–Crippen LogP) is 1.75. The first kappa shape index (κ1) is 14.4. The van der Waals surface area contributed by atoms with E-state index in [0.29, 0.717) is 17.6 Å². The molecule has 1 aromatic heterocycles. The number of nitrogens with zero attached hydrogens (tertiary/aromatic N) is 2. The Bertz CT molecular complexity index is 420. The maximum atomic E-state index is 11.9. The van der Waals surface area contributed by atoms with Gasteiger partial charge in [-0.25, -0.2) is 4.98 Å². The molecule has 1 N–H and O–H groups in total. The highest BCUT2D eigenvalue weighted by molar-refractivity contribution is 7.13. The number of carbonyl (C=O) groups is 1. The summed E-state index contributed by atoms with van der Waals surface area (Å²) in [6, 6.07) is 0. The van der Waals surface area contributed by atoms with Crippen LogP contribution in [0.5, 0.6) is 0 Å². The fourth-order valence-electron chi connectivity index (χ4n) is 2.44. The summed E-state index contributed by atoms with van der Waals surface area (Å²) in [5.74, 6) is 0.570. The minimum atomic E-state index is 0.0208. The third-order valence-electron chi connectivity index (χ3n) is 3.24. The molecule has 1 amide bonds. The zero-order valence-electron chi connectivity index (χ0n) is 11.5. The van der Waals surface area contributed by atoms with Crippen LogP contribution in [0, 0.1) is 12.8 Å². The van der Waals surface area contributed by atoms with Gasteiger partial charge in [-0.3, -0.25) is 9.69 Å². The number of hydrogen-bond donors (Lipinski definition) is 1. The molecule has 1 saturated heterocycles. The van der Waals surface area contributed by atoms with Gasteiger partial charge in [0.1, 0.15) is 0 Å². The van der Waals surface area contributed by atoms with Gasteiger partial charge in [-0.05, 0) is 32.2 Å². The summed E-state index contributed by atoms with van der Waals surface area (Å²) in [6.07, 6.45) is 2.33. The molecule has 2 rings (SSSR count). The van der Waals surface area contributed by atoms with Crippen molar-refractivity contribution < 1.29 is 9.53 Å². The highest BCUT2D eigenvalue weighted by Crippen LogP contribution is 2.17. The van der Waals surface area contributed by atoms with Crippen LogP contribution in [0.15, 0.2) is 5.38 Å². The van der Waals surface area contributed by atoms with Gasteiger partial charge in [0.15, 0.2) is 5.13 Å². The maximum absolute atomic E-state index is 11.9. The van der Waals surface area contributed by atoms with Gasteiger partial charge in [-0.15, -0.1) is 11.3 Å². The first-order valence-corrected chi connectivity index (χ1v) is 7.48. The second-order valence-electron chi connectivity index (χ2n) is 5.04. The first-order chi connectivity index (χ1) is 9.17. The van der Waals surface area contributed by atoms with Gasteiger partial charge in [0.05, 0.1) is 18.8 Å². The van der Waals surface area contributed by atoms with E-state index >= 15 is 0 Å². The number of aromatic nitrogens is 1. The van der Waals surface area contributed by atoms with E-state index < -0.39 is 0 Å². The van der Waals surface area contributed by atoms with E-state index in [2.05, 4.69) is 15.2 Å². The van der Waals surface area contributed by atoms with Gasteiger partial charge in [-0.1, -0.05) is 0 Å². The summed E-state index contributed by atoms with van der Waals surface area (Å²) in [5.41, 5.74) is 0.943. The van der Waals surface area contributed by atoms with Crippen molar-refractivity contribution in [3.05, 3.63) is 11.1 Å². The summed E-state index contributed by atoms with van der Waals surface area (Å²) >= 11 is 1.47. The lowest BCUT2D eigenvalue weighted by Gasteiger charge is -2.31. The standard InChI is InChI=1S/C13H21N3O2S/c1-10-9-19-13(14-10)15-12(17)7-16-5-3-4-11(6-16)8-18-2/h9,11H,3-8H2,1-2H3,(H,14,15,17)/t11-/m0/s1. The second-order valence-corrected chi connectivity index (χ2v) is 5.90. The third-order valence-corrected chi connectivity index (χ3v) is 4.11. The van der Waals surface area contributed by atoms with Gasteiger partial charge >= 0.3 is 0 Å². The van der Waals surface area contributed by atoms with E-state index in [9.17, 15) is 4.79 Å². The van der Waals surface area contributed by atoms with E-state index in [-0.39, 0.29) is 5.91 Å². The fourth-order valence-corrected chi connectivity index (χ4v) is 3.14. The summed E-state index contributed by atoms with van der Waals surface area (Å²) in [6.45, 7) is 5.08. The van der Waals surface area contributed by atoms with Crippen molar-refractivity contribution in [3.63, 3.8) is 0 Å². The van der Waals surface area contributed by atoms with Crippen molar-refractivity contribution in [3.8, 4) is 0 Å². The Morgan fingerprint density at radius 2 is 2.53 bits per heavy atom. The highest BCUT2D eigenvalue weighted by atomic mass is 32.1. The molecule has 5 nitrogen and oxygen atoms in total. The smallest absolute Gasteiger partial charge is 0.240 e. The van der Waals surface area contributed by atoms with Crippen LogP contribution in [0.25, 0.3) is 0 Å². The third kappa shape index (κ3) is 4.56. The second kappa shape index (κ2) is 6.98. The molecule has 0 aromatic carbocycles. The van der Waals surface area contributed by atoms with Crippen molar-refractivity contribution in [1.29, 1.82) is 0 Å². The van der Waals surface area contributed by atoms with Crippen LogP contribution in [-0.2, 0) is 9.53 Å². The molecule has 2 heterocycles. The van der Waals surface area contributed by atoms with E-state index in [1.165, 1.54) is 17.8 Å². The minimum Gasteiger partial charge on any atom is -0.384 e. The number of carbonyl (C=O) groups excluding carboxylic acids is 1. The van der Waals surface area contributed by atoms with E-state index in [1.54, 1.807) is 7.11 Å². The molecule has 0 saturated carbocycles. The minimum absolute atomic E-state index is 0.0208. The normalized spacial score (nSPS) is 20.4. The van der Waals surface area contributed by atoms with Crippen molar-refractivity contribution in [1.82, 2.24) is 9.88 Å². The summed E-state index contributed by atoms with van der Waals surface area (Å²) in [4.78, 5) is 18.4. The van der Waals surface area contributed by atoms with Crippen LogP contribution in [0.2, 0.25) is 0 Å². The molecule has 1 aliphatic rings. The number of anilines is 1. The number of aryl methyl sites for hydroxylation is 1. The van der Waals surface area contributed by atoms with Crippen LogP contribution >= 0.6 is 11.3 Å². The largest absolute Gasteiger partial charge is 0.384 e. The number of thiazole rings is 1. The zero-order chi connectivity index (χ0) is 13.7. The Labute approximate surface area is 118 Å². The van der Waals surface area contributed by atoms with Crippen LogP contribution in [0.3, 0.4) is 0 Å². The van der Waals surface area contributed by atoms with Crippen LogP contribution in [0.1, 0.15) is 18.5 Å². The lowest BCUT2D eigenvalue weighted by atomic mass is 9.99. The Morgan fingerprint density at radius 3 is 3.21 bits per heavy atom. The molecular weight excluding hydrogens is 262 g/mol. The monoisotopic (exact) mass is 283 g/mol. The topological polar surface area (TPSA) is 54.5 Å². The maximum Gasteiger partial charge on any atom is 0.240 e. The predicted molar refractivity (Wildman–Crippen MR) is 76.5 cm³/mol. The number of hydrogen-bond acceptors (Lipinski definition) is 5. The van der Waals surface area contributed by atoms with Gasteiger partial charge < -0.3 is 10.1 Å². The molecule has 0 unspecified atom stereocenters. The van der Waals surface area contributed by atoms with Crippen LogP contribution in [-0.4, -0.2) is 49.1 Å². The lowest BCUT2D eigenvalue weighted by molar-refractivity contribution is -0.117. The van der Waals surface area contributed by atoms with Gasteiger partial charge in [0.25, 0.3) is 0 Å². The zero-order valence-corrected chi connectivity index (χ0v) is 12.3. The molecule has 1 atom stereocenters. The van der Waals surface area contributed by atoms with Crippen molar-refractivity contribution in [2.45, 2.75) is 19.8 Å². The molecule has 1 fully saturated rings. The molecule has 6 heteroatoms. The van der Waals surface area contributed by atoms with Gasteiger partial charge in [0.2, 0.25) is 5.91 Å². The lowest BCUT2D eigenvalue weighted by Crippen LogP contribution is -2.41. The van der Waals surface area contributed by atoms with Crippen molar-refractivity contribution in [2.24, 2.45) is 5.92 Å². The number of ether oxygens (including phenoxy) is 1.